The number of ether oxygens (including phenoxy) is 2. The van der Waals surface area contributed by atoms with Crippen LogP contribution in [0.15, 0.2) is 108 Å². The van der Waals surface area contributed by atoms with Crippen LogP contribution in [0.3, 0.4) is 0 Å². The molecule has 6 nitrogen and oxygen atoms in total. The summed E-state index contributed by atoms with van der Waals surface area (Å²) >= 11 is 1.75. The van der Waals surface area contributed by atoms with Crippen LogP contribution in [0, 0.1) is 5.92 Å². The Bertz CT molecular complexity index is 1470. The molecule has 2 heterocycles. The van der Waals surface area contributed by atoms with Crippen LogP contribution in [-0.2, 0) is 16.1 Å². The van der Waals surface area contributed by atoms with Gasteiger partial charge in [-0.05, 0) is 47.5 Å². The summed E-state index contributed by atoms with van der Waals surface area (Å²) in [6, 6.07) is 32.2. The number of amides is 2. The molecule has 0 saturated carbocycles. The minimum atomic E-state index is -0.628. The maximum Gasteiger partial charge on any atom is 0.266 e. The fourth-order valence-corrected chi connectivity index (χ4v) is 6.30. The SMILES string of the molecule is C[C@@H]1[C@H](CSc2ccccc2)O[C@H](c2ccc(N3C(=O)c4ccccc4C3=O)cc2)O[C@@H]1c1ccc(CO)cc1. The fraction of sp³-hybridized carbons (Fsp3) is 0.212. The second-order valence-corrected chi connectivity index (χ2v) is 11.1. The molecule has 1 saturated heterocycles. The zero-order valence-corrected chi connectivity index (χ0v) is 22.8. The predicted molar refractivity (Wildman–Crippen MR) is 154 cm³/mol. The maximum atomic E-state index is 12.9. The van der Waals surface area contributed by atoms with Crippen molar-refractivity contribution in [1.29, 1.82) is 0 Å². The molecular weight excluding hydrogens is 522 g/mol. The topological polar surface area (TPSA) is 76.1 Å². The summed E-state index contributed by atoms with van der Waals surface area (Å²) in [7, 11) is 0. The molecular formula is C33H29NO5S. The summed E-state index contributed by atoms with van der Waals surface area (Å²) in [6.07, 6.45) is -0.942. The van der Waals surface area contributed by atoms with Gasteiger partial charge in [0.1, 0.15) is 0 Å². The molecule has 202 valence electrons. The molecule has 1 N–H and O–H groups in total. The fourth-order valence-electron chi connectivity index (χ4n) is 5.21. The van der Waals surface area contributed by atoms with Gasteiger partial charge in [-0.15, -0.1) is 11.8 Å². The second-order valence-electron chi connectivity index (χ2n) is 10.0. The molecule has 4 aromatic carbocycles. The number of aliphatic hydroxyl groups excluding tert-OH is 1. The van der Waals surface area contributed by atoms with Crippen molar-refractivity contribution in [3.8, 4) is 0 Å². The van der Waals surface area contributed by atoms with E-state index < -0.39 is 6.29 Å². The van der Waals surface area contributed by atoms with Gasteiger partial charge in [-0.2, -0.15) is 0 Å². The number of benzene rings is 4. The van der Waals surface area contributed by atoms with Gasteiger partial charge < -0.3 is 14.6 Å². The number of rotatable bonds is 7. The molecule has 0 radical (unpaired) electrons. The first-order valence-electron chi connectivity index (χ1n) is 13.3. The first kappa shape index (κ1) is 26.5. The van der Waals surface area contributed by atoms with Gasteiger partial charge in [-0.3, -0.25) is 9.59 Å². The molecule has 0 spiro atoms. The van der Waals surface area contributed by atoms with Crippen molar-refractivity contribution < 1.29 is 24.2 Å². The third-order valence-corrected chi connectivity index (χ3v) is 8.60. The molecule has 2 aliphatic rings. The van der Waals surface area contributed by atoms with E-state index in [-0.39, 0.29) is 36.5 Å². The van der Waals surface area contributed by atoms with Crippen molar-refractivity contribution in [2.75, 3.05) is 10.7 Å². The molecule has 4 aromatic rings. The zero-order chi connectivity index (χ0) is 27.6. The monoisotopic (exact) mass is 551 g/mol. The molecule has 7 heteroatoms. The van der Waals surface area contributed by atoms with Crippen molar-refractivity contribution in [3.63, 3.8) is 0 Å². The van der Waals surface area contributed by atoms with Gasteiger partial charge in [0.05, 0.1) is 35.6 Å². The number of thioether (sulfide) groups is 1. The van der Waals surface area contributed by atoms with Crippen LogP contribution in [0.4, 0.5) is 5.69 Å². The normalized spacial score (nSPS) is 22.4. The lowest BCUT2D eigenvalue weighted by Crippen LogP contribution is -2.38. The predicted octanol–water partition coefficient (Wildman–Crippen LogP) is 6.56. The minimum Gasteiger partial charge on any atom is -0.392 e. The number of carbonyl (C=O) groups excluding carboxylic acids is 2. The van der Waals surface area contributed by atoms with Crippen molar-refractivity contribution in [2.24, 2.45) is 5.92 Å². The van der Waals surface area contributed by atoms with Gasteiger partial charge in [0, 0.05) is 22.1 Å². The number of hydrogen-bond acceptors (Lipinski definition) is 6. The molecule has 1 fully saturated rings. The summed E-state index contributed by atoms with van der Waals surface area (Å²) in [4.78, 5) is 28.3. The lowest BCUT2D eigenvalue weighted by Gasteiger charge is -2.41. The maximum absolute atomic E-state index is 12.9. The van der Waals surface area contributed by atoms with Crippen molar-refractivity contribution in [1.82, 2.24) is 0 Å². The lowest BCUT2D eigenvalue weighted by atomic mass is 9.91. The van der Waals surface area contributed by atoms with Gasteiger partial charge >= 0.3 is 0 Å². The highest BCUT2D eigenvalue weighted by Crippen LogP contribution is 2.43. The molecule has 6 rings (SSSR count). The van der Waals surface area contributed by atoms with Gasteiger partial charge in [0.25, 0.3) is 11.8 Å². The van der Waals surface area contributed by atoms with Crippen LogP contribution >= 0.6 is 11.8 Å². The first-order chi connectivity index (χ1) is 19.5. The molecule has 2 aliphatic heterocycles. The third kappa shape index (κ3) is 5.09. The standard InChI is InChI=1S/C33H29NO5S/c1-21-29(20-40-26-7-3-2-4-8-26)38-33(39-30(21)23-13-11-22(19-35)12-14-23)24-15-17-25(18-16-24)34-31(36)27-9-5-6-10-28(27)32(34)37/h2-18,21,29-30,33,35H,19-20H2,1H3/t21-,29+,30+,33+/m1/s1. The molecule has 0 aliphatic carbocycles. The largest absolute Gasteiger partial charge is 0.392 e. The van der Waals surface area contributed by atoms with E-state index in [0.29, 0.717) is 16.8 Å². The van der Waals surface area contributed by atoms with Gasteiger partial charge in [-0.25, -0.2) is 4.90 Å². The van der Waals surface area contributed by atoms with E-state index in [9.17, 15) is 14.7 Å². The zero-order valence-electron chi connectivity index (χ0n) is 22.0. The second kappa shape index (κ2) is 11.4. The van der Waals surface area contributed by atoms with E-state index in [0.717, 1.165) is 22.4 Å². The van der Waals surface area contributed by atoms with Crippen LogP contribution in [0.2, 0.25) is 0 Å². The van der Waals surface area contributed by atoms with Gasteiger partial charge in [0.2, 0.25) is 0 Å². The summed E-state index contributed by atoms with van der Waals surface area (Å²) in [5.41, 5.74) is 4.01. The van der Waals surface area contributed by atoms with E-state index in [2.05, 4.69) is 19.1 Å². The van der Waals surface area contributed by atoms with Crippen LogP contribution < -0.4 is 4.90 Å². The summed E-state index contributed by atoms with van der Waals surface area (Å²) < 4.78 is 13.1. The summed E-state index contributed by atoms with van der Waals surface area (Å²) in [5, 5.41) is 9.49. The molecule has 2 amide bonds. The highest BCUT2D eigenvalue weighted by atomic mass is 32.2. The molecule has 0 bridgehead atoms. The average molecular weight is 552 g/mol. The summed E-state index contributed by atoms with van der Waals surface area (Å²) in [6.45, 7) is 2.13. The van der Waals surface area contributed by atoms with Crippen LogP contribution in [0.1, 0.15) is 56.7 Å². The number of nitrogens with zero attached hydrogens (tertiary/aromatic N) is 1. The van der Waals surface area contributed by atoms with E-state index >= 15 is 0 Å². The third-order valence-electron chi connectivity index (χ3n) is 7.50. The number of carbonyl (C=O) groups is 2. The Balaban J connectivity index is 1.25. The van der Waals surface area contributed by atoms with Crippen LogP contribution in [0.25, 0.3) is 0 Å². The smallest absolute Gasteiger partial charge is 0.266 e. The number of hydrogen-bond donors (Lipinski definition) is 1. The Morgan fingerprint density at radius 3 is 1.98 bits per heavy atom. The Hall–Kier alpha value is -3.75. The highest BCUT2D eigenvalue weighted by molar-refractivity contribution is 7.99. The Morgan fingerprint density at radius 1 is 0.750 bits per heavy atom. The lowest BCUT2D eigenvalue weighted by molar-refractivity contribution is -0.268. The first-order valence-corrected chi connectivity index (χ1v) is 14.3. The number of fused-ring (bicyclic) bond motifs is 1. The van der Waals surface area contributed by atoms with Crippen molar-refractivity contribution in [2.45, 2.75) is 36.9 Å². The average Bonchev–Trinajstić information content (AvgIpc) is 3.26. The van der Waals surface area contributed by atoms with Crippen LogP contribution in [0.5, 0.6) is 0 Å². The number of imide groups is 1. The van der Waals surface area contributed by atoms with Gasteiger partial charge in [-0.1, -0.05) is 73.7 Å². The Kier molecular flexibility index (Phi) is 7.54. The minimum absolute atomic E-state index is 0.0110. The van der Waals surface area contributed by atoms with E-state index in [1.807, 2.05) is 54.6 Å². The Morgan fingerprint density at radius 2 is 1.35 bits per heavy atom. The van der Waals surface area contributed by atoms with Crippen LogP contribution in [-0.4, -0.2) is 28.8 Å². The Labute approximate surface area is 237 Å². The molecule has 4 atom stereocenters. The van der Waals surface area contributed by atoms with Crippen molar-refractivity contribution >= 4 is 29.3 Å². The van der Waals surface area contributed by atoms with Gasteiger partial charge in [0.15, 0.2) is 6.29 Å². The molecule has 0 aromatic heterocycles. The number of aliphatic hydroxyl groups is 1. The highest BCUT2D eigenvalue weighted by Gasteiger charge is 2.39. The van der Waals surface area contributed by atoms with Crippen molar-refractivity contribution in [3.05, 3.63) is 131 Å². The number of anilines is 1. The molecule has 0 unspecified atom stereocenters. The molecule has 40 heavy (non-hydrogen) atoms. The summed E-state index contributed by atoms with van der Waals surface area (Å²) in [5.74, 6) is 0.183. The van der Waals surface area contributed by atoms with E-state index in [1.165, 1.54) is 9.80 Å². The van der Waals surface area contributed by atoms with E-state index in [4.69, 9.17) is 9.47 Å². The van der Waals surface area contributed by atoms with E-state index in [1.54, 1.807) is 48.2 Å². The quantitative estimate of drug-likeness (QED) is 0.207.